The van der Waals surface area contributed by atoms with Gasteiger partial charge in [-0.25, -0.2) is 4.79 Å². The second-order valence-corrected chi connectivity index (χ2v) is 8.80. The number of carbonyl (C=O) groups excluding carboxylic acids is 2. The quantitative estimate of drug-likeness (QED) is 0.560. The fraction of sp³-hybridized carbons (Fsp3) is 0.882. The summed E-state index contributed by atoms with van der Waals surface area (Å²) < 4.78 is 22.5. The molecule has 2 rings (SSSR count). The Morgan fingerprint density at radius 2 is 1.60 bits per heavy atom. The average Bonchev–Trinajstić information content (AvgIpc) is 2.96. The summed E-state index contributed by atoms with van der Waals surface area (Å²) in [4.78, 5) is 26.2. The van der Waals surface area contributed by atoms with E-state index in [9.17, 15) is 9.59 Å². The van der Waals surface area contributed by atoms with Crippen molar-refractivity contribution < 1.29 is 28.4 Å². The lowest BCUT2D eigenvalue weighted by Gasteiger charge is -2.32. The maximum absolute atomic E-state index is 12.4. The molecule has 0 spiro atoms. The third-order valence-electron chi connectivity index (χ3n) is 5.14. The summed E-state index contributed by atoms with van der Waals surface area (Å²) in [5, 5.41) is 0. The van der Waals surface area contributed by atoms with Gasteiger partial charge in [-0.2, -0.15) is 0 Å². The fourth-order valence-electron chi connectivity index (χ4n) is 3.04. The van der Waals surface area contributed by atoms with Crippen molar-refractivity contribution >= 4 is 19.2 Å². The van der Waals surface area contributed by atoms with E-state index in [1.165, 1.54) is 12.0 Å². The molecule has 7 nitrogen and oxygen atoms in total. The van der Waals surface area contributed by atoms with Crippen LogP contribution in [0.2, 0.25) is 5.82 Å². The largest absolute Gasteiger partial charge is 0.469 e. The van der Waals surface area contributed by atoms with Crippen molar-refractivity contribution in [3.8, 4) is 0 Å². The molecule has 0 aromatic carbocycles. The van der Waals surface area contributed by atoms with E-state index in [1.54, 1.807) is 0 Å². The SMILES string of the molecule is COC(=O)[C@H]1CN(C(=O)OC(C)(C)C)C[C@@H]1B1OC(C)(C)C(C)(C)O1. The van der Waals surface area contributed by atoms with E-state index in [0.29, 0.717) is 6.54 Å². The number of nitrogens with zero attached hydrogens (tertiary/aromatic N) is 1. The molecule has 2 fully saturated rings. The molecule has 2 atom stereocenters. The lowest BCUT2D eigenvalue weighted by atomic mass is 9.66. The molecule has 8 heteroatoms. The first-order chi connectivity index (χ1) is 11.3. The molecule has 1 amide bonds. The predicted octanol–water partition coefficient (Wildman–Crippen LogP) is 2.49. The van der Waals surface area contributed by atoms with Gasteiger partial charge in [0.15, 0.2) is 0 Å². The zero-order valence-corrected chi connectivity index (χ0v) is 16.5. The number of hydrogen-bond donors (Lipinski definition) is 0. The molecule has 25 heavy (non-hydrogen) atoms. The van der Waals surface area contributed by atoms with Crippen LogP contribution >= 0.6 is 0 Å². The first-order valence-electron chi connectivity index (χ1n) is 8.69. The summed E-state index contributed by atoms with van der Waals surface area (Å²) in [6.07, 6.45) is -0.444. The smallest absolute Gasteiger partial charge is 0.463 e. The Balaban J connectivity index is 2.18. The molecule has 0 aliphatic carbocycles. The van der Waals surface area contributed by atoms with Crippen molar-refractivity contribution in [2.24, 2.45) is 5.92 Å². The Hall–Kier alpha value is -1.28. The van der Waals surface area contributed by atoms with Crippen LogP contribution in [0.15, 0.2) is 0 Å². The molecular weight excluding hydrogens is 325 g/mol. The lowest BCUT2D eigenvalue weighted by molar-refractivity contribution is -0.145. The summed E-state index contributed by atoms with van der Waals surface area (Å²) >= 11 is 0. The second-order valence-electron chi connectivity index (χ2n) is 8.80. The van der Waals surface area contributed by atoms with Crippen molar-refractivity contribution in [1.29, 1.82) is 0 Å². The molecule has 0 radical (unpaired) electrons. The Morgan fingerprint density at radius 3 is 2.04 bits per heavy atom. The van der Waals surface area contributed by atoms with Gasteiger partial charge < -0.3 is 23.7 Å². The van der Waals surface area contributed by atoms with Crippen molar-refractivity contribution in [3.63, 3.8) is 0 Å². The summed E-state index contributed by atoms with van der Waals surface area (Å²) in [5.74, 6) is -1.18. The number of likely N-dealkylation sites (tertiary alicyclic amines) is 1. The van der Waals surface area contributed by atoms with Gasteiger partial charge in [0.25, 0.3) is 0 Å². The van der Waals surface area contributed by atoms with Crippen LogP contribution < -0.4 is 0 Å². The van der Waals surface area contributed by atoms with Crippen LogP contribution in [0.3, 0.4) is 0 Å². The highest BCUT2D eigenvalue weighted by atomic mass is 16.7. The predicted molar refractivity (Wildman–Crippen MR) is 93.1 cm³/mol. The zero-order valence-electron chi connectivity index (χ0n) is 16.5. The van der Waals surface area contributed by atoms with Gasteiger partial charge in [0.05, 0.1) is 24.2 Å². The van der Waals surface area contributed by atoms with Gasteiger partial charge in [0.1, 0.15) is 5.60 Å². The minimum Gasteiger partial charge on any atom is -0.469 e. The molecule has 0 bridgehead atoms. The highest BCUT2D eigenvalue weighted by Gasteiger charge is 2.58. The minimum absolute atomic E-state index is 0.232. The molecule has 2 aliphatic heterocycles. The van der Waals surface area contributed by atoms with Crippen LogP contribution in [0.25, 0.3) is 0 Å². The number of carbonyl (C=O) groups is 2. The number of methoxy groups -OCH3 is 1. The van der Waals surface area contributed by atoms with E-state index >= 15 is 0 Å². The van der Waals surface area contributed by atoms with E-state index in [-0.39, 0.29) is 18.3 Å². The van der Waals surface area contributed by atoms with Gasteiger partial charge in [-0.05, 0) is 48.5 Å². The number of hydrogen-bond acceptors (Lipinski definition) is 6. The number of ether oxygens (including phenoxy) is 2. The van der Waals surface area contributed by atoms with Crippen LogP contribution in [0.1, 0.15) is 48.5 Å². The molecule has 0 aromatic rings. The van der Waals surface area contributed by atoms with Crippen LogP contribution in [0.5, 0.6) is 0 Å². The third-order valence-corrected chi connectivity index (χ3v) is 5.14. The lowest BCUT2D eigenvalue weighted by Crippen LogP contribution is -2.41. The third kappa shape index (κ3) is 4.11. The number of esters is 1. The van der Waals surface area contributed by atoms with E-state index in [4.69, 9.17) is 18.8 Å². The number of rotatable bonds is 2. The monoisotopic (exact) mass is 355 g/mol. The Bertz CT molecular complexity index is 526. The second kappa shape index (κ2) is 6.47. The summed E-state index contributed by atoms with van der Waals surface area (Å²) in [6.45, 7) is 13.8. The van der Waals surface area contributed by atoms with Crippen LogP contribution in [-0.2, 0) is 23.6 Å². The van der Waals surface area contributed by atoms with Crippen LogP contribution in [0, 0.1) is 5.92 Å². The summed E-state index contributed by atoms with van der Waals surface area (Å²) in [6, 6.07) is 0. The maximum Gasteiger partial charge on any atom is 0.463 e. The van der Waals surface area contributed by atoms with Gasteiger partial charge in [-0.3, -0.25) is 4.79 Å². The molecule has 0 unspecified atom stereocenters. The highest BCUT2D eigenvalue weighted by Crippen LogP contribution is 2.44. The van der Waals surface area contributed by atoms with Crippen LogP contribution in [-0.4, -0.2) is 61.1 Å². The molecular formula is C17H30BNO6. The minimum atomic E-state index is -0.597. The zero-order chi connectivity index (χ0) is 19.2. The molecule has 0 saturated carbocycles. The van der Waals surface area contributed by atoms with E-state index in [1.807, 2.05) is 48.5 Å². The molecule has 2 aliphatic rings. The van der Waals surface area contributed by atoms with Gasteiger partial charge in [0.2, 0.25) is 0 Å². The van der Waals surface area contributed by atoms with Gasteiger partial charge in [-0.1, -0.05) is 0 Å². The van der Waals surface area contributed by atoms with Crippen molar-refractivity contribution in [3.05, 3.63) is 0 Å². The topological polar surface area (TPSA) is 74.3 Å². The molecule has 0 N–H and O–H groups in total. The van der Waals surface area contributed by atoms with Crippen molar-refractivity contribution in [2.45, 2.75) is 71.1 Å². The van der Waals surface area contributed by atoms with Gasteiger partial charge >= 0.3 is 19.2 Å². The molecule has 2 heterocycles. The molecule has 0 aromatic heterocycles. The Labute approximate surface area is 150 Å². The Kier molecular flexibility index (Phi) is 5.18. The fourth-order valence-corrected chi connectivity index (χ4v) is 3.04. The molecule has 2 saturated heterocycles. The molecule has 142 valence electrons. The Morgan fingerprint density at radius 1 is 1.08 bits per heavy atom. The van der Waals surface area contributed by atoms with E-state index < -0.39 is 35.9 Å². The van der Waals surface area contributed by atoms with Crippen molar-refractivity contribution in [1.82, 2.24) is 4.90 Å². The van der Waals surface area contributed by atoms with E-state index in [0.717, 1.165) is 0 Å². The average molecular weight is 355 g/mol. The number of amides is 1. The van der Waals surface area contributed by atoms with Crippen LogP contribution in [0.4, 0.5) is 4.79 Å². The first kappa shape index (κ1) is 20.0. The summed E-state index contributed by atoms with van der Waals surface area (Å²) in [7, 11) is 0.765. The first-order valence-corrected chi connectivity index (χ1v) is 8.69. The summed E-state index contributed by atoms with van der Waals surface area (Å²) in [5.41, 5.74) is -1.60. The maximum atomic E-state index is 12.4. The van der Waals surface area contributed by atoms with Gasteiger partial charge in [-0.15, -0.1) is 0 Å². The normalized spacial score (nSPS) is 28.2. The van der Waals surface area contributed by atoms with Gasteiger partial charge in [0, 0.05) is 18.9 Å². The standard InChI is InChI=1S/C17H30BNO6/c1-15(2,3)23-14(21)19-9-11(13(20)22-8)12(10-19)18-24-16(4,5)17(6,7)25-18/h11-12H,9-10H2,1-8H3/t11-,12-/m0/s1. The highest BCUT2D eigenvalue weighted by molar-refractivity contribution is 6.48. The van der Waals surface area contributed by atoms with E-state index in [2.05, 4.69) is 0 Å². The van der Waals surface area contributed by atoms with Crippen molar-refractivity contribution in [2.75, 3.05) is 20.2 Å².